The van der Waals surface area contributed by atoms with Crippen LogP contribution in [0, 0.1) is 10.1 Å². The molecule has 0 radical (unpaired) electrons. The molecule has 1 aliphatic rings. The van der Waals surface area contributed by atoms with Crippen LogP contribution in [0.25, 0.3) is 0 Å². The number of carboxylic acids is 1. The molecule has 0 aliphatic carbocycles. The lowest BCUT2D eigenvalue weighted by atomic mass is 9.96. The molecular formula is C10H14N4O5. The number of aromatic nitrogens is 2. The number of rotatable bonds is 5. The predicted molar refractivity (Wildman–Crippen MR) is 64.1 cm³/mol. The summed E-state index contributed by atoms with van der Waals surface area (Å²) in [6, 6.07) is 0. The van der Waals surface area contributed by atoms with Gasteiger partial charge in [-0.2, -0.15) is 0 Å². The number of hydrogen-bond donors (Lipinski definition) is 1. The van der Waals surface area contributed by atoms with Gasteiger partial charge < -0.3 is 24.9 Å². The van der Waals surface area contributed by atoms with Crippen LogP contribution in [0.1, 0.15) is 6.92 Å². The van der Waals surface area contributed by atoms with Crippen LogP contribution in [0.3, 0.4) is 0 Å². The van der Waals surface area contributed by atoms with Crippen LogP contribution >= 0.6 is 0 Å². The molecule has 1 aliphatic heterocycles. The zero-order valence-corrected chi connectivity index (χ0v) is 10.6. The van der Waals surface area contributed by atoms with Gasteiger partial charge in [0.1, 0.15) is 12.2 Å². The van der Waals surface area contributed by atoms with E-state index in [4.69, 9.17) is 9.84 Å². The van der Waals surface area contributed by atoms with Crippen LogP contribution in [0.5, 0.6) is 0 Å². The van der Waals surface area contributed by atoms with E-state index in [-0.39, 0.29) is 12.4 Å². The van der Waals surface area contributed by atoms with E-state index in [1.54, 1.807) is 23.4 Å². The van der Waals surface area contributed by atoms with Crippen LogP contribution < -0.4 is 4.90 Å². The maximum atomic E-state index is 10.9. The third-order valence-electron chi connectivity index (χ3n) is 2.95. The molecule has 0 amide bonds. The minimum atomic E-state index is -1.04. The Hall–Kier alpha value is -2.16. The van der Waals surface area contributed by atoms with Crippen LogP contribution in [0.2, 0.25) is 0 Å². The van der Waals surface area contributed by atoms with E-state index in [0.717, 1.165) is 0 Å². The maximum absolute atomic E-state index is 10.9. The number of aliphatic carboxylic acids is 1. The average molecular weight is 270 g/mol. The number of nitrogens with zero attached hydrogens (tertiary/aromatic N) is 4. The molecule has 9 heteroatoms. The van der Waals surface area contributed by atoms with Crippen molar-refractivity contribution in [3.63, 3.8) is 0 Å². The highest BCUT2D eigenvalue weighted by Crippen LogP contribution is 2.34. The lowest BCUT2D eigenvalue weighted by Gasteiger charge is -2.47. The van der Waals surface area contributed by atoms with Crippen LogP contribution in [-0.2, 0) is 16.6 Å². The van der Waals surface area contributed by atoms with Gasteiger partial charge in [0, 0.05) is 7.05 Å². The number of nitro groups is 1. The largest absolute Gasteiger partial charge is 0.480 e. The van der Waals surface area contributed by atoms with Gasteiger partial charge in [0.2, 0.25) is 12.1 Å². The maximum Gasteiger partial charge on any atom is 0.406 e. The van der Waals surface area contributed by atoms with E-state index >= 15 is 0 Å². The van der Waals surface area contributed by atoms with Gasteiger partial charge in [0.25, 0.3) is 0 Å². The summed E-state index contributed by atoms with van der Waals surface area (Å²) in [5.41, 5.74) is -0.601. The zero-order valence-electron chi connectivity index (χ0n) is 10.6. The minimum Gasteiger partial charge on any atom is -0.480 e. The molecule has 1 aromatic heterocycles. The van der Waals surface area contributed by atoms with Crippen LogP contribution in [-0.4, -0.2) is 50.8 Å². The van der Waals surface area contributed by atoms with Gasteiger partial charge in [-0.15, -0.1) is 0 Å². The Kier molecular flexibility index (Phi) is 3.14. The smallest absolute Gasteiger partial charge is 0.406 e. The van der Waals surface area contributed by atoms with E-state index in [1.165, 1.54) is 6.33 Å². The fraction of sp³-hybridized carbons (Fsp3) is 0.600. The summed E-state index contributed by atoms with van der Waals surface area (Å²) in [4.78, 5) is 26.2. The standard InChI is InChI=1S/C10H14N4O5/c1-10(19-3-7(15)16)4-13(5-10)9-8(14(17)18)11-6-12(9)2/h6H,3-5H2,1-2H3,(H,15,16). The number of imidazole rings is 1. The summed E-state index contributed by atoms with van der Waals surface area (Å²) in [5, 5.41) is 19.4. The Morgan fingerprint density at radius 1 is 1.68 bits per heavy atom. The summed E-state index contributed by atoms with van der Waals surface area (Å²) in [6.45, 7) is 2.17. The first-order chi connectivity index (χ1) is 8.82. The van der Waals surface area contributed by atoms with Crippen molar-refractivity contribution in [3.05, 3.63) is 16.4 Å². The summed E-state index contributed by atoms with van der Waals surface area (Å²) >= 11 is 0. The lowest BCUT2D eigenvalue weighted by molar-refractivity contribution is -0.388. The lowest BCUT2D eigenvalue weighted by Crippen LogP contribution is -2.62. The van der Waals surface area contributed by atoms with Gasteiger partial charge in [-0.25, -0.2) is 4.79 Å². The van der Waals surface area contributed by atoms with Crippen molar-refractivity contribution >= 4 is 17.6 Å². The van der Waals surface area contributed by atoms with Crippen LogP contribution in [0.15, 0.2) is 6.33 Å². The number of hydrogen-bond acceptors (Lipinski definition) is 6. The molecule has 0 atom stereocenters. The fourth-order valence-corrected chi connectivity index (χ4v) is 2.14. The van der Waals surface area contributed by atoms with E-state index in [1.807, 2.05) is 0 Å². The molecule has 2 heterocycles. The van der Waals surface area contributed by atoms with E-state index in [9.17, 15) is 14.9 Å². The van der Waals surface area contributed by atoms with E-state index < -0.39 is 16.5 Å². The normalized spacial score (nSPS) is 17.1. The molecule has 1 fully saturated rings. The van der Waals surface area contributed by atoms with Crippen molar-refractivity contribution in [1.29, 1.82) is 0 Å². The second kappa shape index (κ2) is 4.50. The van der Waals surface area contributed by atoms with Crippen molar-refractivity contribution in [2.75, 3.05) is 24.6 Å². The Morgan fingerprint density at radius 3 is 2.84 bits per heavy atom. The molecule has 2 rings (SSSR count). The van der Waals surface area contributed by atoms with Gasteiger partial charge in [-0.05, 0) is 16.8 Å². The topological polar surface area (TPSA) is 111 Å². The summed E-state index contributed by atoms with van der Waals surface area (Å²) in [7, 11) is 1.67. The molecule has 1 N–H and O–H groups in total. The predicted octanol–water partition coefficient (Wildman–Crippen LogP) is 0.00820. The van der Waals surface area contributed by atoms with Crippen molar-refractivity contribution in [1.82, 2.24) is 9.55 Å². The SMILES string of the molecule is Cn1cnc([N+](=O)[O-])c1N1CC(C)(OCC(=O)O)C1. The molecule has 9 nitrogen and oxygen atoms in total. The number of anilines is 1. The van der Waals surface area contributed by atoms with E-state index in [2.05, 4.69) is 4.98 Å². The fourth-order valence-electron chi connectivity index (χ4n) is 2.14. The summed E-state index contributed by atoms with van der Waals surface area (Å²) in [5.74, 6) is -0.838. The monoisotopic (exact) mass is 270 g/mol. The average Bonchev–Trinajstić information content (AvgIpc) is 2.64. The van der Waals surface area contributed by atoms with Gasteiger partial charge in [0.15, 0.2) is 0 Å². The molecule has 104 valence electrons. The van der Waals surface area contributed by atoms with Gasteiger partial charge in [-0.3, -0.25) is 4.57 Å². The molecular weight excluding hydrogens is 256 g/mol. The highest BCUT2D eigenvalue weighted by Gasteiger charge is 2.44. The van der Waals surface area contributed by atoms with Crippen molar-refractivity contribution < 1.29 is 19.6 Å². The molecule has 0 aromatic carbocycles. The molecule has 0 saturated carbocycles. The van der Waals surface area contributed by atoms with Crippen molar-refractivity contribution in [2.24, 2.45) is 7.05 Å². The van der Waals surface area contributed by atoms with Crippen LogP contribution in [0.4, 0.5) is 11.6 Å². The zero-order chi connectivity index (χ0) is 14.2. The van der Waals surface area contributed by atoms with Gasteiger partial charge in [0.05, 0.1) is 13.1 Å². The Morgan fingerprint density at radius 2 is 2.32 bits per heavy atom. The molecule has 1 saturated heterocycles. The van der Waals surface area contributed by atoms with Gasteiger partial charge >= 0.3 is 11.8 Å². The first-order valence-electron chi connectivity index (χ1n) is 5.59. The van der Waals surface area contributed by atoms with Crippen molar-refractivity contribution in [2.45, 2.75) is 12.5 Å². The minimum absolute atomic E-state index is 0.206. The molecule has 0 unspecified atom stereocenters. The van der Waals surface area contributed by atoms with Gasteiger partial charge in [-0.1, -0.05) is 0 Å². The van der Waals surface area contributed by atoms with Crippen molar-refractivity contribution in [3.8, 4) is 0 Å². The summed E-state index contributed by atoms with van der Waals surface area (Å²) < 4.78 is 6.82. The number of carbonyl (C=O) groups is 1. The third kappa shape index (κ3) is 2.50. The Bertz CT molecular complexity index is 520. The Balaban J connectivity index is 2.06. The first-order valence-corrected chi connectivity index (χ1v) is 5.59. The highest BCUT2D eigenvalue weighted by molar-refractivity contribution is 5.68. The highest BCUT2D eigenvalue weighted by atomic mass is 16.6. The molecule has 0 spiro atoms. The summed E-state index contributed by atoms with van der Waals surface area (Å²) in [6.07, 6.45) is 1.38. The third-order valence-corrected chi connectivity index (χ3v) is 2.95. The molecule has 1 aromatic rings. The second-order valence-electron chi connectivity index (χ2n) is 4.75. The molecule has 19 heavy (non-hydrogen) atoms. The first kappa shape index (κ1) is 13.3. The Labute approximate surface area is 108 Å². The number of carboxylic acid groups (broad SMARTS) is 1. The second-order valence-corrected chi connectivity index (χ2v) is 4.75. The quantitative estimate of drug-likeness (QED) is 0.592. The van der Waals surface area contributed by atoms with E-state index in [0.29, 0.717) is 18.9 Å². The number of aryl methyl sites for hydroxylation is 1. The number of ether oxygens (including phenoxy) is 1. The molecule has 0 bridgehead atoms.